The van der Waals surface area contributed by atoms with Gasteiger partial charge in [-0.15, -0.1) is 11.3 Å². The maximum Gasteiger partial charge on any atom is 0.254 e. The van der Waals surface area contributed by atoms with E-state index in [9.17, 15) is 8.78 Å². The maximum atomic E-state index is 12.5. The minimum atomic E-state index is -2.32. The average molecular weight is 284 g/mol. The molecule has 1 atom stereocenters. The summed E-state index contributed by atoms with van der Waals surface area (Å²) in [5.41, 5.74) is 0. The zero-order chi connectivity index (χ0) is 10.6. The van der Waals surface area contributed by atoms with Gasteiger partial charge in [-0.3, -0.25) is 0 Å². The highest BCUT2D eigenvalue weighted by molar-refractivity contribution is 9.10. The van der Waals surface area contributed by atoms with Crippen molar-refractivity contribution >= 4 is 27.3 Å². The van der Waals surface area contributed by atoms with E-state index in [4.69, 9.17) is 0 Å². The Labute approximate surface area is 94.6 Å². The Bertz CT molecular complexity index is 278. The zero-order valence-electron chi connectivity index (χ0n) is 7.77. The molecule has 0 radical (unpaired) electrons. The largest absolute Gasteiger partial charge is 0.309 e. The quantitative estimate of drug-likeness (QED) is 0.874. The normalized spacial score (nSPS) is 13.5. The molecule has 1 unspecified atom stereocenters. The van der Waals surface area contributed by atoms with Crippen molar-refractivity contribution < 1.29 is 8.78 Å². The predicted octanol–water partition coefficient (Wildman–Crippen LogP) is 3.30. The summed E-state index contributed by atoms with van der Waals surface area (Å²) in [4.78, 5) is 0.969. The monoisotopic (exact) mass is 283 g/mol. The molecule has 0 aliphatic heterocycles. The van der Waals surface area contributed by atoms with Crippen molar-refractivity contribution in [2.75, 3.05) is 6.54 Å². The van der Waals surface area contributed by atoms with Crippen molar-refractivity contribution in [3.63, 3.8) is 0 Å². The van der Waals surface area contributed by atoms with Gasteiger partial charge in [-0.2, -0.15) is 0 Å². The highest BCUT2D eigenvalue weighted by atomic mass is 79.9. The van der Waals surface area contributed by atoms with Crippen LogP contribution in [0.15, 0.2) is 15.9 Å². The molecule has 0 bridgehead atoms. The molecule has 1 nitrogen and oxygen atoms in total. The second-order valence-electron chi connectivity index (χ2n) is 2.89. The first-order valence-electron chi connectivity index (χ1n) is 4.38. The van der Waals surface area contributed by atoms with Gasteiger partial charge >= 0.3 is 0 Å². The summed E-state index contributed by atoms with van der Waals surface area (Å²) < 4.78 is 26.0. The van der Waals surface area contributed by atoms with Crippen LogP contribution in [-0.2, 0) is 6.42 Å². The summed E-state index contributed by atoms with van der Waals surface area (Å²) >= 11 is 4.83. The Hall–Kier alpha value is -0.0000000000000000555. The number of hydrogen-bond acceptors (Lipinski definition) is 2. The van der Waals surface area contributed by atoms with Gasteiger partial charge in [-0.05, 0) is 33.9 Å². The molecule has 80 valence electrons. The lowest BCUT2D eigenvalue weighted by Crippen LogP contribution is -2.37. The van der Waals surface area contributed by atoms with Crippen LogP contribution in [0.5, 0.6) is 0 Å². The van der Waals surface area contributed by atoms with E-state index in [-0.39, 0.29) is 0 Å². The van der Waals surface area contributed by atoms with Crippen LogP contribution in [-0.4, -0.2) is 19.0 Å². The Morgan fingerprint density at radius 1 is 1.57 bits per heavy atom. The molecular formula is C9H12BrF2NS. The van der Waals surface area contributed by atoms with E-state index < -0.39 is 12.5 Å². The summed E-state index contributed by atoms with van der Waals surface area (Å²) in [5.74, 6) is 0. The third-order valence-corrected chi connectivity index (χ3v) is 3.82. The smallest absolute Gasteiger partial charge is 0.254 e. The van der Waals surface area contributed by atoms with Gasteiger partial charge < -0.3 is 5.32 Å². The first-order chi connectivity index (χ1) is 6.65. The maximum absolute atomic E-state index is 12.5. The predicted molar refractivity (Wildman–Crippen MR) is 59.2 cm³/mol. The van der Waals surface area contributed by atoms with Crippen LogP contribution >= 0.6 is 27.3 Å². The third-order valence-electron chi connectivity index (χ3n) is 1.87. The number of rotatable bonds is 5. The van der Waals surface area contributed by atoms with E-state index in [1.54, 1.807) is 0 Å². The fraction of sp³-hybridized carbons (Fsp3) is 0.556. The molecule has 0 amide bonds. The number of thiophene rings is 1. The Morgan fingerprint density at radius 2 is 2.29 bits per heavy atom. The Morgan fingerprint density at radius 3 is 2.71 bits per heavy atom. The SMILES string of the molecule is CCNC(Cc1sccc1Br)C(F)F. The van der Waals surface area contributed by atoms with Gasteiger partial charge in [-0.1, -0.05) is 6.92 Å². The van der Waals surface area contributed by atoms with E-state index in [1.807, 2.05) is 18.4 Å². The lowest BCUT2D eigenvalue weighted by molar-refractivity contribution is 0.0994. The van der Waals surface area contributed by atoms with Crippen LogP contribution in [0.4, 0.5) is 8.78 Å². The van der Waals surface area contributed by atoms with Crippen LogP contribution in [0.3, 0.4) is 0 Å². The van der Waals surface area contributed by atoms with E-state index in [0.717, 1.165) is 9.35 Å². The lowest BCUT2D eigenvalue weighted by Gasteiger charge is -2.15. The minimum Gasteiger partial charge on any atom is -0.309 e. The summed E-state index contributed by atoms with van der Waals surface area (Å²) in [6.45, 7) is 2.40. The van der Waals surface area contributed by atoms with Crippen LogP contribution in [0.2, 0.25) is 0 Å². The van der Waals surface area contributed by atoms with Gasteiger partial charge in [0.1, 0.15) is 0 Å². The number of halogens is 3. The van der Waals surface area contributed by atoms with Gasteiger partial charge in [0.05, 0.1) is 6.04 Å². The fourth-order valence-electron chi connectivity index (χ4n) is 1.18. The zero-order valence-corrected chi connectivity index (χ0v) is 10.2. The molecule has 0 fully saturated rings. The van der Waals surface area contributed by atoms with Crippen molar-refractivity contribution in [1.82, 2.24) is 5.32 Å². The van der Waals surface area contributed by atoms with Crippen LogP contribution in [0, 0.1) is 0 Å². The fourth-order valence-corrected chi connectivity index (χ4v) is 2.76. The van der Waals surface area contributed by atoms with Crippen LogP contribution in [0.25, 0.3) is 0 Å². The van der Waals surface area contributed by atoms with Crippen LogP contribution in [0.1, 0.15) is 11.8 Å². The highest BCUT2D eigenvalue weighted by Gasteiger charge is 2.20. The molecule has 0 spiro atoms. The van der Waals surface area contributed by atoms with Gasteiger partial charge in [-0.25, -0.2) is 8.78 Å². The van der Waals surface area contributed by atoms with E-state index in [0.29, 0.717) is 13.0 Å². The second kappa shape index (κ2) is 5.78. The first-order valence-corrected chi connectivity index (χ1v) is 6.05. The molecule has 5 heteroatoms. The number of alkyl halides is 2. The molecule has 0 aliphatic carbocycles. The molecule has 1 rings (SSSR count). The lowest BCUT2D eigenvalue weighted by atomic mass is 10.2. The van der Waals surface area contributed by atoms with Crippen molar-refractivity contribution in [3.05, 3.63) is 20.8 Å². The third kappa shape index (κ3) is 3.29. The van der Waals surface area contributed by atoms with E-state index in [2.05, 4.69) is 21.2 Å². The van der Waals surface area contributed by atoms with Crippen molar-refractivity contribution in [2.45, 2.75) is 25.8 Å². The van der Waals surface area contributed by atoms with Crippen LogP contribution < -0.4 is 5.32 Å². The van der Waals surface area contributed by atoms with E-state index >= 15 is 0 Å². The molecule has 0 aliphatic rings. The molecule has 0 saturated carbocycles. The van der Waals surface area contributed by atoms with E-state index in [1.165, 1.54) is 11.3 Å². The topological polar surface area (TPSA) is 12.0 Å². The average Bonchev–Trinajstić information content (AvgIpc) is 2.51. The standard InChI is InChI=1S/C9H12BrF2NS/c1-2-13-7(9(11)12)5-8-6(10)3-4-14-8/h3-4,7,9,13H,2,5H2,1H3. The molecule has 1 aromatic heterocycles. The molecule has 1 heterocycles. The summed E-state index contributed by atoms with van der Waals surface area (Å²) in [7, 11) is 0. The molecule has 0 aromatic carbocycles. The van der Waals surface area contributed by atoms with Crippen molar-refractivity contribution in [3.8, 4) is 0 Å². The van der Waals surface area contributed by atoms with Crippen molar-refractivity contribution in [2.24, 2.45) is 0 Å². The molecule has 1 N–H and O–H groups in total. The number of likely N-dealkylation sites (N-methyl/N-ethyl adjacent to an activating group) is 1. The Kier molecular flexibility index (Phi) is 4.98. The number of nitrogens with one attached hydrogen (secondary N) is 1. The van der Waals surface area contributed by atoms with Crippen molar-refractivity contribution in [1.29, 1.82) is 0 Å². The Balaban J connectivity index is 2.60. The highest BCUT2D eigenvalue weighted by Crippen LogP contribution is 2.25. The van der Waals surface area contributed by atoms with Gasteiger partial charge in [0.2, 0.25) is 0 Å². The molecule has 0 saturated heterocycles. The van der Waals surface area contributed by atoms with Gasteiger partial charge in [0, 0.05) is 15.8 Å². The molecule has 14 heavy (non-hydrogen) atoms. The summed E-state index contributed by atoms with van der Waals surface area (Å²) in [5, 5.41) is 4.68. The number of hydrogen-bond donors (Lipinski definition) is 1. The second-order valence-corrected chi connectivity index (χ2v) is 4.75. The minimum absolute atomic E-state index is 0.379. The van der Waals surface area contributed by atoms with Gasteiger partial charge in [0.15, 0.2) is 0 Å². The summed E-state index contributed by atoms with van der Waals surface area (Å²) in [6, 6.07) is 1.14. The first kappa shape index (κ1) is 12.1. The van der Waals surface area contributed by atoms with Gasteiger partial charge in [0.25, 0.3) is 6.43 Å². The molecule has 1 aromatic rings. The summed E-state index contributed by atoms with van der Waals surface area (Å²) in [6.07, 6.45) is -1.94. The molecular weight excluding hydrogens is 272 g/mol.